The first-order valence-corrected chi connectivity index (χ1v) is 8.13. The number of hydrogen-bond acceptors (Lipinski definition) is 7. The number of halogens is 1. The third kappa shape index (κ3) is 3.71. The van der Waals surface area contributed by atoms with Gasteiger partial charge in [0.25, 0.3) is 11.6 Å². The van der Waals surface area contributed by atoms with Crippen molar-refractivity contribution in [1.29, 1.82) is 0 Å². The summed E-state index contributed by atoms with van der Waals surface area (Å²) in [6.45, 7) is -0.523. The molecule has 1 aliphatic rings. The quantitative estimate of drug-likeness (QED) is 0.266. The molecular formula is C17H12ClN3O7. The van der Waals surface area contributed by atoms with Gasteiger partial charge in [-0.15, -0.1) is 0 Å². The van der Waals surface area contributed by atoms with Gasteiger partial charge in [-0.1, -0.05) is 11.6 Å². The summed E-state index contributed by atoms with van der Waals surface area (Å²) in [6, 6.07) is 6.15. The minimum absolute atomic E-state index is 0.0973. The highest BCUT2D eigenvalue weighted by Crippen LogP contribution is 2.33. The van der Waals surface area contributed by atoms with Crippen LogP contribution in [-0.2, 0) is 14.3 Å². The summed E-state index contributed by atoms with van der Waals surface area (Å²) in [5.41, 5.74) is 0.0435. The van der Waals surface area contributed by atoms with E-state index in [1.165, 1.54) is 36.4 Å². The smallest absolute Gasteiger partial charge is 0.329 e. The van der Waals surface area contributed by atoms with Crippen molar-refractivity contribution in [3.8, 4) is 11.3 Å². The number of furan rings is 1. The standard InChI is InChI=1S/C17H12ClN3O7/c1-27-15(22)8-20-16(23)13(19-17(20)24)7-10-3-5-14(28-10)11-6-9(21(25)26)2-4-12(11)18/h2-7H,8H2,1H3,(H,19,24). The van der Waals surface area contributed by atoms with E-state index in [9.17, 15) is 24.5 Å². The molecule has 28 heavy (non-hydrogen) atoms. The van der Waals surface area contributed by atoms with Crippen LogP contribution in [0.15, 0.2) is 40.4 Å². The number of nitro groups is 1. The highest BCUT2D eigenvalue weighted by Gasteiger charge is 2.35. The molecule has 0 saturated carbocycles. The van der Waals surface area contributed by atoms with Crippen molar-refractivity contribution in [2.45, 2.75) is 0 Å². The van der Waals surface area contributed by atoms with Gasteiger partial charge in [-0.05, 0) is 18.2 Å². The van der Waals surface area contributed by atoms with Crippen molar-refractivity contribution >= 4 is 41.3 Å². The van der Waals surface area contributed by atoms with Crippen molar-refractivity contribution in [2.24, 2.45) is 0 Å². The molecule has 2 aromatic rings. The van der Waals surface area contributed by atoms with Crippen LogP contribution in [0.1, 0.15) is 5.76 Å². The van der Waals surface area contributed by atoms with Gasteiger partial charge in [-0.2, -0.15) is 0 Å². The molecule has 0 bridgehead atoms. The predicted octanol–water partition coefficient (Wildman–Crippen LogP) is 2.57. The van der Waals surface area contributed by atoms with E-state index in [2.05, 4.69) is 10.1 Å². The summed E-state index contributed by atoms with van der Waals surface area (Å²) in [4.78, 5) is 46.5. The molecule has 1 fully saturated rings. The van der Waals surface area contributed by atoms with Crippen LogP contribution in [0.4, 0.5) is 10.5 Å². The SMILES string of the molecule is COC(=O)CN1C(=O)NC(=Cc2ccc(-c3cc([N+](=O)[O-])ccc3Cl)o2)C1=O. The molecule has 1 aromatic heterocycles. The lowest BCUT2D eigenvalue weighted by molar-refractivity contribution is -0.384. The van der Waals surface area contributed by atoms with E-state index in [0.717, 1.165) is 7.11 Å². The third-order valence-electron chi connectivity index (χ3n) is 3.82. The number of nitrogens with zero attached hydrogens (tertiary/aromatic N) is 2. The minimum atomic E-state index is -0.768. The number of urea groups is 1. The molecule has 144 valence electrons. The molecule has 11 heteroatoms. The first-order valence-electron chi connectivity index (χ1n) is 7.75. The van der Waals surface area contributed by atoms with Crippen LogP contribution in [0.3, 0.4) is 0 Å². The molecule has 1 saturated heterocycles. The van der Waals surface area contributed by atoms with Crippen molar-refractivity contribution in [1.82, 2.24) is 10.2 Å². The van der Waals surface area contributed by atoms with Gasteiger partial charge in [0.15, 0.2) is 0 Å². The number of non-ortho nitro benzene ring substituents is 1. The summed E-state index contributed by atoms with van der Waals surface area (Å²) >= 11 is 6.08. The Balaban J connectivity index is 1.86. The first kappa shape index (κ1) is 19.1. The van der Waals surface area contributed by atoms with Crippen LogP contribution in [0, 0.1) is 10.1 Å². The van der Waals surface area contributed by atoms with Gasteiger partial charge in [0.05, 0.1) is 17.1 Å². The van der Waals surface area contributed by atoms with Crippen LogP contribution in [0.25, 0.3) is 17.4 Å². The Labute approximate surface area is 162 Å². The Hall–Kier alpha value is -3.66. The van der Waals surface area contributed by atoms with Crippen molar-refractivity contribution in [3.63, 3.8) is 0 Å². The number of methoxy groups -OCH3 is 1. The lowest BCUT2D eigenvalue weighted by Gasteiger charge is -2.08. The molecule has 2 heterocycles. The average molecular weight is 406 g/mol. The number of imide groups is 1. The number of ether oxygens (including phenoxy) is 1. The molecule has 0 spiro atoms. The van der Waals surface area contributed by atoms with E-state index in [0.29, 0.717) is 10.5 Å². The van der Waals surface area contributed by atoms with E-state index in [-0.39, 0.29) is 27.9 Å². The zero-order valence-electron chi connectivity index (χ0n) is 14.3. The van der Waals surface area contributed by atoms with Crippen molar-refractivity contribution in [3.05, 3.63) is 56.9 Å². The fraction of sp³-hybridized carbons (Fsp3) is 0.118. The van der Waals surface area contributed by atoms with E-state index < -0.39 is 29.4 Å². The maximum Gasteiger partial charge on any atom is 0.329 e. The summed E-state index contributed by atoms with van der Waals surface area (Å²) in [5, 5.41) is 13.5. The summed E-state index contributed by atoms with van der Waals surface area (Å²) in [5.74, 6) is -1.03. The van der Waals surface area contributed by atoms with Gasteiger partial charge in [0.1, 0.15) is 23.8 Å². The molecule has 1 aromatic carbocycles. The number of benzene rings is 1. The highest BCUT2D eigenvalue weighted by molar-refractivity contribution is 6.33. The molecule has 0 atom stereocenters. The second-order valence-electron chi connectivity index (χ2n) is 5.58. The number of hydrogen-bond donors (Lipinski definition) is 1. The minimum Gasteiger partial charge on any atom is -0.468 e. The van der Waals surface area contributed by atoms with E-state index in [1.54, 1.807) is 0 Å². The predicted molar refractivity (Wildman–Crippen MR) is 96.0 cm³/mol. The van der Waals surface area contributed by atoms with Crippen LogP contribution in [-0.4, -0.2) is 41.4 Å². The maximum absolute atomic E-state index is 12.3. The Bertz CT molecular complexity index is 1030. The van der Waals surface area contributed by atoms with Crippen LogP contribution in [0.2, 0.25) is 5.02 Å². The fourth-order valence-electron chi connectivity index (χ4n) is 2.44. The summed E-state index contributed by atoms with van der Waals surface area (Å²) < 4.78 is 10.0. The van der Waals surface area contributed by atoms with Crippen molar-refractivity contribution < 1.29 is 28.5 Å². The van der Waals surface area contributed by atoms with Gasteiger partial charge < -0.3 is 14.5 Å². The van der Waals surface area contributed by atoms with Crippen LogP contribution in [0.5, 0.6) is 0 Å². The Morgan fingerprint density at radius 3 is 2.79 bits per heavy atom. The van der Waals surface area contributed by atoms with Gasteiger partial charge in [0.2, 0.25) is 0 Å². The number of carbonyl (C=O) groups excluding carboxylic acids is 3. The molecule has 0 radical (unpaired) electrons. The molecule has 10 nitrogen and oxygen atoms in total. The van der Waals surface area contributed by atoms with Crippen molar-refractivity contribution in [2.75, 3.05) is 13.7 Å². The molecule has 1 aliphatic heterocycles. The average Bonchev–Trinajstić information content (AvgIpc) is 3.22. The molecule has 0 unspecified atom stereocenters. The topological polar surface area (TPSA) is 132 Å². The normalized spacial score (nSPS) is 15.1. The largest absolute Gasteiger partial charge is 0.468 e. The Kier molecular flexibility index (Phi) is 5.14. The summed E-state index contributed by atoms with van der Waals surface area (Å²) in [6.07, 6.45) is 1.27. The monoisotopic (exact) mass is 405 g/mol. The molecule has 1 N–H and O–H groups in total. The molecule has 3 amide bonds. The van der Waals surface area contributed by atoms with E-state index in [4.69, 9.17) is 16.0 Å². The Morgan fingerprint density at radius 2 is 2.11 bits per heavy atom. The van der Waals surface area contributed by atoms with Gasteiger partial charge in [0, 0.05) is 23.8 Å². The number of nitro benzene ring substituents is 1. The van der Waals surface area contributed by atoms with Crippen LogP contribution >= 0.6 is 11.6 Å². The number of carbonyl (C=O) groups is 3. The maximum atomic E-state index is 12.3. The number of rotatable bonds is 5. The van der Waals surface area contributed by atoms with Crippen LogP contribution < -0.4 is 5.32 Å². The fourth-order valence-corrected chi connectivity index (χ4v) is 2.65. The van der Waals surface area contributed by atoms with Gasteiger partial charge in [-0.25, -0.2) is 9.69 Å². The highest BCUT2D eigenvalue weighted by atomic mass is 35.5. The van der Waals surface area contributed by atoms with Gasteiger partial charge >= 0.3 is 12.0 Å². The lowest BCUT2D eigenvalue weighted by atomic mass is 10.1. The number of nitrogens with one attached hydrogen (secondary N) is 1. The molecule has 3 rings (SSSR count). The molecular weight excluding hydrogens is 394 g/mol. The summed E-state index contributed by atoms with van der Waals surface area (Å²) in [7, 11) is 1.14. The van der Waals surface area contributed by atoms with E-state index >= 15 is 0 Å². The second kappa shape index (κ2) is 7.53. The van der Waals surface area contributed by atoms with Gasteiger partial charge in [-0.3, -0.25) is 19.7 Å². The second-order valence-corrected chi connectivity index (χ2v) is 5.99. The lowest BCUT2D eigenvalue weighted by Crippen LogP contribution is -2.36. The molecule has 0 aliphatic carbocycles. The zero-order valence-corrected chi connectivity index (χ0v) is 15.1. The third-order valence-corrected chi connectivity index (χ3v) is 4.15. The zero-order chi connectivity index (χ0) is 20.4. The number of amides is 3. The van der Waals surface area contributed by atoms with E-state index in [1.807, 2.05) is 0 Å². The number of esters is 1. The Morgan fingerprint density at radius 1 is 1.36 bits per heavy atom. The first-order chi connectivity index (χ1) is 13.3.